The number of aromatic amines is 1. The van der Waals surface area contributed by atoms with Crippen LogP contribution < -0.4 is 0 Å². The van der Waals surface area contributed by atoms with Gasteiger partial charge < -0.3 is 14.6 Å². The lowest BCUT2D eigenvalue weighted by molar-refractivity contribution is 0.0572. The maximum atomic E-state index is 12.7. The minimum atomic E-state index is 0.135. The lowest BCUT2D eigenvalue weighted by Crippen LogP contribution is -2.41. The first-order valence-corrected chi connectivity index (χ1v) is 7.14. The standard InChI is InChI=1S/C16H20N2O2/c1-20-11-12-4-3-9-18(10-12)16(19)14-5-2-6-15-13(14)7-8-17-15/h2,5-8,12,17H,3-4,9-11H2,1H3. The molecule has 1 atom stereocenters. The molecule has 1 saturated heterocycles. The van der Waals surface area contributed by atoms with Gasteiger partial charge in [0.15, 0.2) is 0 Å². The second kappa shape index (κ2) is 5.67. The summed E-state index contributed by atoms with van der Waals surface area (Å²) in [6, 6.07) is 7.82. The van der Waals surface area contributed by atoms with Crippen LogP contribution in [0.4, 0.5) is 0 Å². The second-order valence-electron chi connectivity index (χ2n) is 5.46. The Morgan fingerprint density at radius 2 is 2.35 bits per heavy atom. The van der Waals surface area contributed by atoms with E-state index in [9.17, 15) is 4.79 Å². The molecule has 1 aromatic heterocycles. The normalized spacial score (nSPS) is 19.4. The fourth-order valence-corrected chi connectivity index (χ4v) is 3.06. The minimum Gasteiger partial charge on any atom is -0.384 e. The lowest BCUT2D eigenvalue weighted by Gasteiger charge is -2.32. The number of rotatable bonds is 3. The van der Waals surface area contributed by atoms with Gasteiger partial charge in [0.1, 0.15) is 0 Å². The van der Waals surface area contributed by atoms with E-state index < -0.39 is 0 Å². The molecule has 1 aromatic carbocycles. The van der Waals surface area contributed by atoms with Gasteiger partial charge in [0.05, 0.1) is 6.61 Å². The molecule has 0 saturated carbocycles. The van der Waals surface area contributed by atoms with Gasteiger partial charge in [-0.2, -0.15) is 0 Å². The quantitative estimate of drug-likeness (QED) is 0.933. The van der Waals surface area contributed by atoms with Crippen LogP contribution in [0.3, 0.4) is 0 Å². The number of amides is 1. The monoisotopic (exact) mass is 272 g/mol. The molecule has 4 nitrogen and oxygen atoms in total. The van der Waals surface area contributed by atoms with Crippen molar-refractivity contribution < 1.29 is 9.53 Å². The van der Waals surface area contributed by atoms with Gasteiger partial charge in [0, 0.05) is 42.9 Å². The van der Waals surface area contributed by atoms with Crippen LogP contribution in [0.1, 0.15) is 23.2 Å². The summed E-state index contributed by atoms with van der Waals surface area (Å²) in [7, 11) is 1.72. The van der Waals surface area contributed by atoms with E-state index >= 15 is 0 Å². The van der Waals surface area contributed by atoms with Crippen LogP contribution in [-0.2, 0) is 4.74 Å². The molecular formula is C16H20N2O2. The van der Waals surface area contributed by atoms with E-state index in [0.717, 1.165) is 49.0 Å². The Bertz CT molecular complexity index is 603. The SMILES string of the molecule is COCC1CCCN(C(=O)c2cccc3[nH]ccc23)C1. The predicted octanol–water partition coefficient (Wildman–Crippen LogP) is 2.67. The molecule has 1 N–H and O–H groups in total. The molecule has 0 spiro atoms. The molecule has 2 aromatic rings. The molecule has 3 rings (SSSR count). The van der Waals surface area contributed by atoms with Gasteiger partial charge in [-0.05, 0) is 37.0 Å². The zero-order valence-electron chi connectivity index (χ0n) is 11.8. The minimum absolute atomic E-state index is 0.135. The number of nitrogens with one attached hydrogen (secondary N) is 1. The Balaban J connectivity index is 1.83. The van der Waals surface area contributed by atoms with Crippen LogP contribution in [0.5, 0.6) is 0 Å². The van der Waals surface area contributed by atoms with E-state index in [-0.39, 0.29) is 5.91 Å². The van der Waals surface area contributed by atoms with Gasteiger partial charge in [-0.25, -0.2) is 0 Å². The Morgan fingerprint density at radius 1 is 1.45 bits per heavy atom. The van der Waals surface area contributed by atoms with Crippen molar-refractivity contribution in [3.05, 3.63) is 36.0 Å². The van der Waals surface area contributed by atoms with Crippen molar-refractivity contribution in [1.82, 2.24) is 9.88 Å². The van der Waals surface area contributed by atoms with Crippen LogP contribution in [0.15, 0.2) is 30.5 Å². The van der Waals surface area contributed by atoms with E-state index in [2.05, 4.69) is 4.98 Å². The van der Waals surface area contributed by atoms with Crippen molar-refractivity contribution in [2.75, 3.05) is 26.8 Å². The van der Waals surface area contributed by atoms with Crippen LogP contribution in [0.2, 0.25) is 0 Å². The predicted molar refractivity (Wildman–Crippen MR) is 78.8 cm³/mol. The highest BCUT2D eigenvalue weighted by Gasteiger charge is 2.25. The van der Waals surface area contributed by atoms with Crippen molar-refractivity contribution in [3.8, 4) is 0 Å². The number of nitrogens with zero attached hydrogens (tertiary/aromatic N) is 1. The summed E-state index contributed by atoms with van der Waals surface area (Å²) in [5, 5.41) is 1.01. The number of methoxy groups -OCH3 is 1. The highest BCUT2D eigenvalue weighted by atomic mass is 16.5. The van der Waals surface area contributed by atoms with Crippen LogP contribution in [-0.4, -0.2) is 42.6 Å². The van der Waals surface area contributed by atoms with Gasteiger partial charge in [-0.3, -0.25) is 4.79 Å². The zero-order valence-corrected chi connectivity index (χ0v) is 11.8. The molecule has 4 heteroatoms. The van der Waals surface area contributed by atoms with Gasteiger partial charge in [-0.1, -0.05) is 6.07 Å². The maximum Gasteiger partial charge on any atom is 0.254 e. The Morgan fingerprint density at radius 3 is 3.20 bits per heavy atom. The van der Waals surface area contributed by atoms with E-state index in [4.69, 9.17) is 4.74 Å². The van der Waals surface area contributed by atoms with Crippen molar-refractivity contribution in [2.45, 2.75) is 12.8 Å². The van der Waals surface area contributed by atoms with Crippen molar-refractivity contribution in [2.24, 2.45) is 5.92 Å². The van der Waals surface area contributed by atoms with Crippen LogP contribution in [0, 0.1) is 5.92 Å². The van der Waals surface area contributed by atoms with E-state index in [0.29, 0.717) is 5.92 Å². The highest BCUT2D eigenvalue weighted by Crippen LogP contribution is 2.23. The van der Waals surface area contributed by atoms with E-state index in [1.165, 1.54) is 0 Å². The average molecular weight is 272 g/mol. The van der Waals surface area contributed by atoms with Crippen molar-refractivity contribution in [1.29, 1.82) is 0 Å². The van der Waals surface area contributed by atoms with Gasteiger partial charge in [0.25, 0.3) is 5.91 Å². The smallest absolute Gasteiger partial charge is 0.254 e. The summed E-state index contributed by atoms with van der Waals surface area (Å²) < 4.78 is 5.23. The number of aromatic nitrogens is 1. The second-order valence-corrected chi connectivity index (χ2v) is 5.46. The molecule has 1 amide bonds. The molecule has 1 fully saturated rings. The van der Waals surface area contributed by atoms with Crippen LogP contribution in [0.25, 0.3) is 10.9 Å². The topological polar surface area (TPSA) is 45.3 Å². The maximum absolute atomic E-state index is 12.7. The number of benzene rings is 1. The highest BCUT2D eigenvalue weighted by molar-refractivity contribution is 6.06. The summed E-state index contributed by atoms with van der Waals surface area (Å²) in [6.45, 7) is 2.38. The third-order valence-electron chi connectivity index (χ3n) is 4.03. The molecule has 20 heavy (non-hydrogen) atoms. The molecule has 1 aliphatic rings. The number of likely N-dealkylation sites (tertiary alicyclic amines) is 1. The number of H-pyrrole nitrogens is 1. The van der Waals surface area contributed by atoms with Gasteiger partial charge in [0.2, 0.25) is 0 Å². The first-order chi connectivity index (χ1) is 9.79. The molecular weight excluding hydrogens is 252 g/mol. The fraction of sp³-hybridized carbons (Fsp3) is 0.438. The van der Waals surface area contributed by atoms with Crippen LogP contribution >= 0.6 is 0 Å². The Kier molecular flexibility index (Phi) is 3.74. The summed E-state index contributed by atoms with van der Waals surface area (Å²) in [5.41, 5.74) is 1.81. The summed E-state index contributed by atoms with van der Waals surface area (Å²) in [5.74, 6) is 0.596. The lowest BCUT2D eigenvalue weighted by atomic mass is 9.98. The summed E-state index contributed by atoms with van der Waals surface area (Å²) in [4.78, 5) is 17.9. The number of carbonyl (C=O) groups is 1. The third-order valence-corrected chi connectivity index (χ3v) is 4.03. The van der Waals surface area contributed by atoms with E-state index in [1.807, 2.05) is 35.4 Å². The number of piperidine rings is 1. The third kappa shape index (κ3) is 2.43. The van der Waals surface area contributed by atoms with Crippen molar-refractivity contribution >= 4 is 16.8 Å². The van der Waals surface area contributed by atoms with Gasteiger partial charge in [-0.15, -0.1) is 0 Å². The fourth-order valence-electron chi connectivity index (χ4n) is 3.06. The zero-order chi connectivity index (χ0) is 13.9. The largest absolute Gasteiger partial charge is 0.384 e. The molecule has 0 aliphatic carbocycles. The summed E-state index contributed by atoms with van der Waals surface area (Å²) in [6.07, 6.45) is 4.08. The number of carbonyl (C=O) groups excluding carboxylic acids is 1. The molecule has 2 heterocycles. The molecule has 1 unspecified atom stereocenters. The first-order valence-electron chi connectivity index (χ1n) is 7.14. The molecule has 106 valence electrons. The first kappa shape index (κ1) is 13.2. The molecule has 0 radical (unpaired) electrons. The number of hydrogen-bond donors (Lipinski definition) is 1. The number of ether oxygens (including phenoxy) is 1. The average Bonchev–Trinajstić information content (AvgIpc) is 2.95. The Hall–Kier alpha value is -1.81. The van der Waals surface area contributed by atoms with Crippen molar-refractivity contribution in [3.63, 3.8) is 0 Å². The Labute approximate surface area is 118 Å². The van der Waals surface area contributed by atoms with Gasteiger partial charge >= 0.3 is 0 Å². The molecule has 1 aliphatic heterocycles. The molecule has 0 bridgehead atoms. The number of fused-ring (bicyclic) bond motifs is 1. The van der Waals surface area contributed by atoms with E-state index in [1.54, 1.807) is 7.11 Å². The summed E-state index contributed by atoms with van der Waals surface area (Å²) >= 11 is 0. The number of hydrogen-bond acceptors (Lipinski definition) is 2.